The first-order valence-corrected chi connectivity index (χ1v) is 8.41. The van der Waals surface area contributed by atoms with Gasteiger partial charge in [-0.3, -0.25) is 9.80 Å². The number of nitrogens with two attached hydrogens (primary N) is 1. The van der Waals surface area contributed by atoms with E-state index in [9.17, 15) is 0 Å². The minimum Gasteiger partial charge on any atom is -0.383 e. The summed E-state index contributed by atoms with van der Waals surface area (Å²) in [5.74, 6) is 0.755. The Bertz CT molecular complexity index is 334. The summed E-state index contributed by atoms with van der Waals surface area (Å²) < 4.78 is 5.60. The molecule has 0 amide bonds. The molecule has 3 rings (SSSR count). The van der Waals surface area contributed by atoms with E-state index in [0.29, 0.717) is 6.04 Å². The molecule has 3 unspecified atom stereocenters. The molecular weight excluding hydrogens is 250 g/mol. The maximum Gasteiger partial charge on any atom is 0.0661 e. The molecule has 0 aromatic carbocycles. The minimum atomic E-state index is 0.0949. The first-order chi connectivity index (χ1) is 9.71. The molecule has 1 saturated carbocycles. The second-order valence-corrected chi connectivity index (χ2v) is 7.16. The second kappa shape index (κ2) is 5.91. The fourth-order valence-electron chi connectivity index (χ4n) is 4.62. The molecule has 0 radical (unpaired) electrons. The van der Waals surface area contributed by atoms with Gasteiger partial charge in [0.15, 0.2) is 0 Å². The van der Waals surface area contributed by atoms with Gasteiger partial charge in [0.1, 0.15) is 0 Å². The van der Waals surface area contributed by atoms with Crippen molar-refractivity contribution in [1.29, 1.82) is 0 Å². The van der Waals surface area contributed by atoms with Crippen molar-refractivity contribution in [1.82, 2.24) is 9.80 Å². The molecule has 4 nitrogen and oxygen atoms in total. The molecule has 2 heterocycles. The highest BCUT2D eigenvalue weighted by atomic mass is 16.5. The van der Waals surface area contributed by atoms with E-state index < -0.39 is 0 Å². The summed E-state index contributed by atoms with van der Waals surface area (Å²) in [6, 6.07) is 1.35. The van der Waals surface area contributed by atoms with Gasteiger partial charge in [0, 0.05) is 38.8 Å². The number of piperazine rings is 1. The lowest BCUT2D eigenvalue weighted by Crippen LogP contribution is -2.69. The Morgan fingerprint density at radius 1 is 1.20 bits per heavy atom. The highest BCUT2D eigenvalue weighted by Crippen LogP contribution is 2.45. The molecule has 3 atom stereocenters. The van der Waals surface area contributed by atoms with Crippen molar-refractivity contribution in [3.63, 3.8) is 0 Å². The van der Waals surface area contributed by atoms with Crippen LogP contribution >= 0.6 is 0 Å². The fourth-order valence-corrected chi connectivity index (χ4v) is 4.62. The van der Waals surface area contributed by atoms with E-state index in [1.807, 2.05) is 7.11 Å². The third kappa shape index (κ3) is 2.52. The summed E-state index contributed by atoms with van der Waals surface area (Å²) in [4.78, 5) is 5.44. The van der Waals surface area contributed by atoms with Gasteiger partial charge in [-0.25, -0.2) is 0 Å². The second-order valence-electron chi connectivity index (χ2n) is 7.16. The topological polar surface area (TPSA) is 41.7 Å². The van der Waals surface area contributed by atoms with Crippen LogP contribution < -0.4 is 5.73 Å². The van der Waals surface area contributed by atoms with E-state index in [-0.39, 0.29) is 5.54 Å². The number of ether oxygens (including phenoxy) is 1. The number of methoxy groups -OCH3 is 1. The molecule has 1 aliphatic carbocycles. The molecule has 4 heteroatoms. The number of fused-ring (bicyclic) bond motifs is 1. The van der Waals surface area contributed by atoms with Crippen molar-refractivity contribution in [2.45, 2.75) is 56.7 Å². The Morgan fingerprint density at radius 3 is 2.65 bits per heavy atom. The third-order valence-corrected chi connectivity index (χ3v) is 5.84. The van der Waals surface area contributed by atoms with E-state index in [1.165, 1.54) is 51.7 Å². The summed E-state index contributed by atoms with van der Waals surface area (Å²) in [5.41, 5.74) is 6.36. The van der Waals surface area contributed by atoms with Crippen LogP contribution in [-0.4, -0.2) is 67.3 Å². The molecule has 0 aromatic heterocycles. The Morgan fingerprint density at radius 2 is 2.00 bits per heavy atom. The molecule has 2 N–H and O–H groups in total. The largest absolute Gasteiger partial charge is 0.383 e. The van der Waals surface area contributed by atoms with Crippen LogP contribution in [0.15, 0.2) is 0 Å². The summed E-state index contributed by atoms with van der Waals surface area (Å²) in [6.45, 7) is 7.62. The zero-order valence-corrected chi connectivity index (χ0v) is 13.2. The number of hydrogen-bond donors (Lipinski definition) is 1. The van der Waals surface area contributed by atoms with E-state index in [2.05, 4.69) is 16.7 Å². The molecule has 0 bridgehead atoms. The average Bonchev–Trinajstić information content (AvgIpc) is 3.29. The van der Waals surface area contributed by atoms with Crippen LogP contribution in [-0.2, 0) is 4.74 Å². The predicted octanol–water partition coefficient (Wildman–Crippen LogP) is 1.30. The first-order valence-electron chi connectivity index (χ1n) is 8.41. The minimum absolute atomic E-state index is 0.0949. The number of hydrogen-bond acceptors (Lipinski definition) is 4. The van der Waals surface area contributed by atoms with Crippen LogP contribution in [0.2, 0.25) is 0 Å². The molecule has 0 aromatic rings. The summed E-state index contributed by atoms with van der Waals surface area (Å²) >= 11 is 0. The standard InChI is InChI=1S/C16H31N3O/c1-13-9-18-8-4-3-5-15(18)10-19(13)16(11-17,12-20-2)14-6-7-14/h13-15H,3-12,17H2,1-2H3. The lowest BCUT2D eigenvalue weighted by molar-refractivity contribution is -0.0798. The summed E-state index contributed by atoms with van der Waals surface area (Å²) in [6.07, 6.45) is 6.80. The molecule has 3 aliphatic rings. The molecule has 116 valence electrons. The van der Waals surface area contributed by atoms with Crippen LogP contribution in [0.4, 0.5) is 0 Å². The summed E-state index contributed by atoms with van der Waals surface area (Å²) in [5, 5.41) is 0. The van der Waals surface area contributed by atoms with Gasteiger partial charge >= 0.3 is 0 Å². The van der Waals surface area contributed by atoms with E-state index in [0.717, 1.165) is 25.1 Å². The molecule has 2 aliphatic heterocycles. The van der Waals surface area contributed by atoms with Crippen molar-refractivity contribution >= 4 is 0 Å². The van der Waals surface area contributed by atoms with E-state index in [1.54, 1.807) is 0 Å². The summed E-state index contributed by atoms with van der Waals surface area (Å²) in [7, 11) is 1.83. The number of nitrogens with zero attached hydrogens (tertiary/aromatic N) is 2. The Balaban J connectivity index is 1.79. The van der Waals surface area contributed by atoms with Crippen LogP contribution in [0, 0.1) is 5.92 Å². The zero-order valence-electron chi connectivity index (χ0n) is 13.2. The van der Waals surface area contributed by atoms with Gasteiger partial charge in [-0.1, -0.05) is 6.42 Å². The van der Waals surface area contributed by atoms with Gasteiger partial charge in [-0.2, -0.15) is 0 Å². The molecule has 2 saturated heterocycles. The van der Waals surface area contributed by atoms with Crippen molar-refractivity contribution < 1.29 is 4.74 Å². The smallest absolute Gasteiger partial charge is 0.0661 e. The predicted molar refractivity (Wildman–Crippen MR) is 81.8 cm³/mol. The van der Waals surface area contributed by atoms with Crippen molar-refractivity contribution in [2.75, 3.05) is 39.9 Å². The van der Waals surface area contributed by atoms with E-state index >= 15 is 0 Å². The average molecular weight is 281 g/mol. The van der Waals surface area contributed by atoms with Gasteiger partial charge < -0.3 is 10.5 Å². The lowest BCUT2D eigenvalue weighted by Gasteiger charge is -2.55. The Kier molecular flexibility index (Phi) is 4.37. The fraction of sp³-hybridized carbons (Fsp3) is 1.00. The monoisotopic (exact) mass is 281 g/mol. The lowest BCUT2D eigenvalue weighted by atomic mass is 9.86. The number of piperidine rings is 1. The van der Waals surface area contributed by atoms with Crippen molar-refractivity contribution in [2.24, 2.45) is 11.7 Å². The van der Waals surface area contributed by atoms with Gasteiger partial charge in [0.05, 0.1) is 12.1 Å². The maximum absolute atomic E-state index is 6.26. The highest BCUT2D eigenvalue weighted by molar-refractivity contribution is 5.07. The molecule has 20 heavy (non-hydrogen) atoms. The first kappa shape index (κ1) is 14.8. The van der Waals surface area contributed by atoms with Crippen LogP contribution in [0.5, 0.6) is 0 Å². The Labute approximate surface area is 123 Å². The SMILES string of the molecule is COCC(CN)(C1CC1)N1CC2CCCCN2CC1C. The van der Waals surface area contributed by atoms with Crippen LogP contribution in [0.25, 0.3) is 0 Å². The number of rotatable bonds is 5. The van der Waals surface area contributed by atoms with Crippen molar-refractivity contribution in [3.05, 3.63) is 0 Å². The van der Waals surface area contributed by atoms with Gasteiger partial charge in [0.2, 0.25) is 0 Å². The molecule has 3 fully saturated rings. The quantitative estimate of drug-likeness (QED) is 0.825. The third-order valence-electron chi connectivity index (χ3n) is 5.84. The normalized spacial score (nSPS) is 35.5. The zero-order chi connectivity index (χ0) is 14.2. The maximum atomic E-state index is 6.26. The van der Waals surface area contributed by atoms with Gasteiger partial charge in [-0.15, -0.1) is 0 Å². The van der Waals surface area contributed by atoms with Crippen LogP contribution in [0.3, 0.4) is 0 Å². The van der Waals surface area contributed by atoms with Crippen LogP contribution in [0.1, 0.15) is 39.0 Å². The highest BCUT2D eigenvalue weighted by Gasteiger charge is 2.52. The van der Waals surface area contributed by atoms with E-state index in [4.69, 9.17) is 10.5 Å². The molecule has 0 spiro atoms. The van der Waals surface area contributed by atoms with Gasteiger partial charge in [0.25, 0.3) is 0 Å². The van der Waals surface area contributed by atoms with Gasteiger partial charge in [-0.05, 0) is 45.1 Å². The Hall–Kier alpha value is -0.160. The molecular formula is C16H31N3O. The van der Waals surface area contributed by atoms with Crippen molar-refractivity contribution in [3.8, 4) is 0 Å².